The molecular weight excluding hydrogens is 425 g/mol. The number of H-pyrrole nitrogens is 1. The number of carbonyl (C=O) groups excluding carboxylic acids is 2. The lowest BCUT2D eigenvalue weighted by Crippen LogP contribution is -2.31. The van der Waals surface area contributed by atoms with E-state index in [1.54, 1.807) is 37.5 Å². The normalized spacial score (nSPS) is 12.5. The maximum absolute atomic E-state index is 14.2. The Kier molecular flexibility index (Phi) is 6.39. The average molecular weight is 449 g/mol. The molecular formula is C24H24FN5O3. The van der Waals surface area contributed by atoms with E-state index in [0.29, 0.717) is 52.5 Å². The third kappa shape index (κ3) is 4.57. The number of carbonyl (C=O) groups is 2. The van der Waals surface area contributed by atoms with Gasteiger partial charge in [-0.2, -0.15) is 0 Å². The summed E-state index contributed by atoms with van der Waals surface area (Å²) in [7, 11) is 0. The Bertz CT molecular complexity index is 1220. The number of benzene rings is 1. The van der Waals surface area contributed by atoms with E-state index in [9.17, 15) is 14.0 Å². The molecule has 3 aromatic rings. The minimum absolute atomic E-state index is 0.209. The van der Waals surface area contributed by atoms with Crippen LogP contribution in [0.2, 0.25) is 0 Å². The number of pyridine rings is 1. The fourth-order valence-electron chi connectivity index (χ4n) is 3.69. The molecule has 1 aliphatic rings. The molecule has 0 spiro atoms. The van der Waals surface area contributed by atoms with Crippen LogP contribution >= 0.6 is 0 Å². The van der Waals surface area contributed by atoms with E-state index in [-0.39, 0.29) is 30.8 Å². The molecule has 9 heteroatoms. The van der Waals surface area contributed by atoms with Gasteiger partial charge in [-0.15, -0.1) is 0 Å². The molecule has 170 valence electrons. The summed E-state index contributed by atoms with van der Waals surface area (Å²) in [4.78, 5) is 31.6. The molecule has 1 aromatic carbocycles. The van der Waals surface area contributed by atoms with Gasteiger partial charge in [0.2, 0.25) is 5.91 Å². The third-order valence-corrected chi connectivity index (χ3v) is 5.39. The summed E-state index contributed by atoms with van der Waals surface area (Å²) in [6, 6.07) is 6.54. The van der Waals surface area contributed by atoms with Crippen LogP contribution in [0.15, 0.2) is 49.3 Å². The average Bonchev–Trinajstić information content (AvgIpc) is 3.19. The van der Waals surface area contributed by atoms with Gasteiger partial charge in [-0.25, -0.2) is 4.39 Å². The molecule has 4 N–H and O–H groups in total. The summed E-state index contributed by atoms with van der Waals surface area (Å²) < 4.78 is 20.0. The second-order valence-electron chi connectivity index (χ2n) is 7.49. The number of aromatic amines is 1. The van der Waals surface area contributed by atoms with Crippen LogP contribution in [0.1, 0.15) is 21.6 Å². The number of amides is 2. The first-order valence-corrected chi connectivity index (χ1v) is 10.5. The van der Waals surface area contributed by atoms with Crippen molar-refractivity contribution in [2.45, 2.75) is 13.3 Å². The van der Waals surface area contributed by atoms with Crippen LogP contribution in [-0.4, -0.2) is 41.5 Å². The van der Waals surface area contributed by atoms with Gasteiger partial charge in [-0.3, -0.25) is 14.6 Å². The lowest BCUT2D eigenvalue weighted by Gasteiger charge is -2.17. The molecule has 2 amide bonds. The predicted molar refractivity (Wildman–Crippen MR) is 123 cm³/mol. The summed E-state index contributed by atoms with van der Waals surface area (Å²) in [6.07, 6.45) is 5.02. The Hall–Kier alpha value is -4.14. The minimum Gasteiger partial charge on any atom is -0.489 e. The van der Waals surface area contributed by atoms with E-state index < -0.39 is 0 Å². The number of aromatic nitrogens is 2. The number of anilines is 2. The predicted octanol–water partition coefficient (Wildman–Crippen LogP) is 3.23. The fourth-order valence-corrected chi connectivity index (χ4v) is 3.69. The molecule has 0 bridgehead atoms. The van der Waals surface area contributed by atoms with Gasteiger partial charge in [0.25, 0.3) is 5.91 Å². The van der Waals surface area contributed by atoms with E-state index in [2.05, 4.69) is 32.5 Å². The Morgan fingerprint density at radius 1 is 1.36 bits per heavy atom. The lowest BCUT2D eigenvalue weighted by molar-refractivity contribution is -0.116. The van der Waals surface area contributed by atoms with E-state index in [0.717, 1.165) is 5.69 Å². The van der Waals surface area contributed by atoms with Crippen molar-refractivity contribution in [3.8, 4) is 17.0 Å². The maximum Gasteiger partial charge on any atom is 0.255 e. The molecule has 1 aliphatic heterocycles. The van der Waals surface area contributed by atoms with Gasteiger partial charge in [0.15, 0.2) is 0 Å². The highest BCUT2D eigenvalue weighted by Gasteiger charge is 2.28. The summed E-state index contributed by atoms with van der Waals surface area (Å²) in [5.74, 6) is -0.364. The van der Waals surface area contributed by atoms with E-state index in [1.807, 2.05) is 0 Å². The Balaban J connectivity index is 1.73. The summed E-state index contributed by atoms with van der Waals surface area (Å²) in [5, 5.41) is 8.77. The van der Waals surface area contributed by atoms with Crippen molar-refractivity contribution in [2.24, 2.45) is 0 Å². The number of nitrogens with one attached hydrogen (secondary N) is 4. The Morgan fingerprint density at radius 3 is 3.03 bits per heavy atom. The zero-order valence-electron chi connectivity index (χ0n) is 18.1. The zero-order valence-corrected chi connectivity index (χ0v) is 18.1. The molecule has 2 aromatic heterocycles. The van der Waals surface area contributed by atoms with Crippen molar-refractivity contribution in [3.05, 3.63) is 72.0 Å². The highest BCUT2D eigenvalue weighted by molar-refractivity contribution is 6.06. The highest BCUT2D eigenvalue weighted by atomic mass is 19.1. The quantitative estimate of drug-likeness (QED) is 0.312. The van der Waals surface area contributed by atoms with Gasteiger partial charge >= 0.3 is 0 Å². The standard InChI is InChI=1S/C24H24FN5O3/c1-3-20(31)27-11-12-33-19-13-26-9-7-15(19)22-23(21-18(30-22)8-10-28-24(21)32)29-17-6-4-5-16(25)14(17)2/h3-7,9,13,29-30H,1,8,10-12H2,2H3,(H,27,31)(H,28,32). The molecule has 0 radical (unpaired) electrons. The van der Waals surface area contributed by atoms with Gasteiger partial charge in [-0.05, 0) is 31.2 Å². The SMILES string of the molecule is C=CC(=O)NCCOc1cnccc1-c1[nH]c2c(c1Nc1cccc(F)c1C)C(=O)NCC2. The van der Waals surface area contributed by atoms with Gasteiger partial charge in [0, 0.05) is 41.7 Å². The number of hydrogen-bond donors (Lipinski definition) is 4. The molecule has 0 saturated heterocycles. The summed E-state index contributed by atoms with van der Waals surface area (Å²) >= 11 is 0. The Morgan fingerprint density at radius 2 is 2.21 bits per heavy atom. The number of rotatable bonds is 8. The van der Waals surface area contributed by atoms with Crippen molar-refractivity contribution in [1.29, 1.82) is 0 Å². The smallest absolute Gasteiger partial charge is 0.255 e. The molecule has 8 nitrogen and oxygen atoms in total. The fraction of sp³-hybridized carbons (Fsp3) is 0.208. The lowest BCUT2D eigenvalue weighted by atomic mass is 10.0. The van der Waals surface area contributed by atoms with Crippen LogP contribution in [0.5, 0.6) is 5.75 Å². The number of hydrogen-bond acceptors (Lipinski definition) is 5. The van der Waals surface area contributed by atoms with Crippen molar-refractivity contribution >= 4 is 23.2 Å². The Labute approximate surface area is 190 Å². The number of ether oxygens (including phenoxy) is 1. The van der Waals surface area contributed by atoms with Gasteiger partial charge < -0.3 is 25.7 Å². The zero-order chi connectivity index (χ0) is 23.4. The summed E-state index contributed by atoms with van der Waals surface area (Å²) in [5.41, 5.74) is 4.12. The third-order valence-electron chi connectivity index (χ3n) is 5.39. The monoisotopic (exact) mass is 449 g/mol. The van der Waals surface area contributed by atoms with Crippen LogP contribution in [0.25, 0.3) is 11.3 Å². The maximum atomic E-state index is 14.2. The van der Waals surface area contributed by atoms with Crippen LogP contribution < -0.4 is 20.7 Å². The first kappa shape index (κ1) is 22.1. The molecule has 0 saturated carbocycles. The highest BCUT2D eigenvalue weighted by Crippen LogP contribution is 2.40. The van der Waals surface area contributed by atoms with Crippen molar-refractivity contribution in [1.82, 2.24) is 20.6 Å². The van der Waals surface area contributed by atoms with Crippen LogP contribution in [0, 0.1) is 12.7 Å². The van der Waals surface area contributed by atoms with E-state index in [1.165, 1.54) is 12.1 Å². The second-order valence-corrected chi connectivity index (χ2v) is 7.49. The number of halogens is 1. The molecule has 33 heavy (non-hydrogen) atoms. The first-order valence-electron chi connectivity index (χ1n) is 10.5. The molecule has 0 aliphatic carbocycles. The van der Waals surface area contributed by atoms with E-state index >= 15 is 0 Å². The van der Waals surface area contributed by atoms with Crippen molar-refractivity contribution < 1.29 is 18.7 Å². The molecule has 0 fully saturated rings. The molecule has 0 unspecified atom stereocenters. The summed E-state index contributed by atoms with van der Waals surface area (Å²) in [6.45, 7) is 6.11. The molecule has 0 atom stereocenters. The topological polar surface area (TPSA) is 108 Å². The largest absolute Gasteiger partial charge is 0.489 e. The van der Waals surface area contributed by atoms with Crippen molar-refractivity contribution in [2.75, 3.05) is 25.0 Å². The first-order chi connectivity index (χ1) is 16.0. The van der Waals surface area contributed by atoms with Gasteiger partial charge in [-0.1, -0.05) is 12.6 Å². The van der Waals surface area contributed by atoms with E-state index in [4.69, 9.17) is 4.74 Å². The number of nitrogens with zero attached hydrogens (tertiary/aromatic N) is 1. The second kappa shape index (κ2) is 9.56. The van der Waals surface area contributed by atoms with Crippen LogP contribution in [-0.2, 0) is 11.2 Å². The van der Waals surface area contributed by atoms with Crippen molar-refractivity contribution in [3.63, 3.8) is 0 Å². The van der Waals surface area contributed by atoms with Gasteiger partial charge in [0.1, 0.15) is 18.2 Å². The molecule has 4 rings (SSSR count). The van der Waals surface area contributed by atoms with Crippen LogP contribution in [0.4, 0.5) is 15.8 Å². The van der Waals surface area contributed by atoms with Crippen LogP contribution in [0.3, 0.4) is 0 Å². The van der Waals surface area contributed by atoms with Gasteiger partial charge in [0.05, 0.1) is 29.7 Å². The number of fused-ring (bicyclic) bond motifs is 1. The molecule has 3 heterocycles. The minimum atomic E-state index is -0.343.